The first-order valence-electron chi connectivity index (χ1n) is 9.35. The third-order valence-electron chi connectivity index (χ3n) is 5.06. The third kappa shape index (κ3) is 2.62. The zero-order valence-corrected chi connectivity index (χ0v) is 15.6. The van der Waals surface area contributed by atoms with Crippen molar-refractivity contribution < 1.29 is 0 Å². The fourth-order valence-corrected chi connectivity index (χ4v) is 3.63. The van der Waals surface area contributed by atoms with E-state index < -0.39 is 0 Å². The second-order valence-electron chi connectivity index (χ2n) is 6.86. The summed E-state index contributed by atoms with van der Waals surface area (Å²) in [6, 6.07) is 8.07. The summed E-state index contributed by atoms with van der Waals surface area (Å²) in [5, 5.41) is 9.45. The van der Waals surface area contributed by atoms with Gasteiger partial charge in [-0.1, -0.05) is 6.07 Å². The van der Waals surface area contributed by atoms with Crippen molar-refractivity contribution in [1.29, 1.82) is 0 Å². The number of pyridine rings is 3. The number of hydrogen-bond acceptors (Lipinski definition) is 6. The Balaban J connectivity index is 1.52. The van der Waals surface area contributed by atoms with Crippen LogP contribution in [-0.4, -0.2) is 40.1 Å². The van der Waals surface area contributed by atoms with Crippen molar-refractivity contribution in [2.24, 2.45) is 0 Å². The molecule has 6 aromatic rings. The fraction of sp³-hybridized carbons (Fsp3) is 0. The number of fused-ring (bicyclic) bond motifs is 2. The highest BCUT2D eigenvalue weighted by Crippen LogP contribution is 2.33. The SMILES string of the molecule is c1cncc(-c2cncc3[nH]c(-c4[nH]nc5ncc(-c6cnccn6)cc45)cc23)c1. The average molecular weight is 390 g/mol. The van der Waals surface area contributed by atoms with E-state index in [9.17, 15) is 0 Å². The average Bonchev–Trinajstić information content (AvgIpc) is 3.43. The molecule has 0 bridgehead atoms. The first kappa shape index (κ1) is 16.5. The van der Waals surface area contributed by atoms with Gasteiger partial charge in [-0.2, -0.15) is 5.10 Å². The summed E-state index contributed by atoms with van der Waals surface area (Å²) < 4.78 is 0. The maximum absolute atomic E-state index is 4.48. The molecule has 0 aliphatic rings. The lowest BCUT2D eigenvalue weighted by Gasteiger charge is -2.01. The van der Waals surface area contributed by atoms with Gasteiger partial charge in [0.05, 0.1) is 35.0 Å². The molecule has 0 saturated carbocycles. The predicted octanol–water partition coefficient (Wildman–Crippen LogP) is 4.02. The number of aromatic amines is 2. The first-order chi connectivity index (χ1) is 14.9. The Labute approximate surface area is 170 Å². The monoisotopic (exact) mass is 390 g/mol. The van der Waals surface area contributed by atoms with E-state index in [-0.39, 0.29) is 0 Å². The zero-order valence-electron chi connectivity index (χ0n) is 15.6. The highest BCUT2D eigenvalue weighted by atomic mass is 15.2. The number of rotatable bonds is 3. The Bertz CT molecular complexity index is 1490. The molecular weight excluding hydrogens is 376 g/mol. The van der Waals surface area contributed by atoms with E-state index >= 15 is 0 Å². The quantitative estimate of drug-likeness (QED) is 0.472. The van der Waals surface area contributed by atoms with E-state index in [1.54, 1.807) is 31.0 Å². The molecule has 6 heterocycles. The van der Waals surface area contributed by atoms with Gasteiger partial charge in [0.15, 0.2) is 5.65 Å². The van der Waals surface area contributed by atoms with Crippen LogP contribution in [0.25, 0.3) is 55.7 Å². The molecule has 0 aliphatic heterocycles. The third-order valence-corrected chi connectivity index (χ3v) is 5.06. The largest absolute Gasteiger partial charge is 0.352 e. The molecule has 8 nitrogen and oxygen atoms in total. The van der Waals surface area contributed by atoms with Gasteiger partial charge in [-0.15, -0.1) is 0 Å². The lowest BCUT2D eigenvalue weighted by atomic mass is 10.1. The van der Waals surface area contributed by atoms with Crippen molar-refractivity contribution in [3.63, 3.8) is 0 Å². The van der Waals surface area contributed by atoms with Crippen LogP contribution < -0.4 is 0 Å². The standard InChI is InChI=1S/C22H14N8/c1-2-13(8-23-3-1)17-10-25-12-20-15(17)7-18(28-20)21-16-6-14(9-27-22(16)30-29-21)19-11-24-4-5-26-19/h1-12,28H,(H,27,29,30). The van der Waals surface area contributed by atoms with Gasteiger partial charge in [0.25, 0.3) is 0 Å². The van der Waals surface area contributed by atoms with E-state index in [2.05, 4.69) is 46.2 Å². The van der Waals surface area contributed by atoms with Gasteiger partial charge in [0.1, 0.15) is 0 Å². The minimum Gasteiger partial charge on any atom is -0.352 e. The molecule has 0 aromatic carbocycles. The van der Waals surface area contributed by atoms with Crippen LogP contribution >= 0.6 is 0 Å². The fourth-order valence-electron chi connectivity index (χ4n) is 3.63. The second-order valence-corrected chi connectivity index (χ2v) is 6.86. The van der Waals surface area contributed by atoms with Gasteiger partial charge in [-0.3, -0.25) is 25.0 Å². The molecule has 2 N–H and O–H groups in total. The van der Waals surface area contributed by atoms with Crippen LogP contribution in [0.3, 0.4) is 0 Å². The summed E-state index contributed by atoms with van der Waals surface area (Å²) in [7, 11) is 0. The van der Waals surface area contributed by atoms with E-state index in [1.807, 2.05) is 36.8 Å². The minimum atomic E-state index is 0.641. The molecule has 8 heteroatoms. The van der Waals surface area contributed by atoms with Gasteiger partial charge >= 0.3 is 0 Å². The Hall–Kier alpha value is -4.46. The summed E-state index contributed by atoms with van der Waals surface area (Å²) in [6.07, 6.45) is 14.1. The van der Waals surface area contributed by atoms with E-state index in [0.717, 1.165) is 50.1 Å². The summed E-state index contributed by atoms with van der Waals surface area (Å²) in [4.78, 5) is 25.1. The van der Waals surface area contributed by atoms with Crippen LogP contribution in [0.2, 0.25) is 0 Å². The van der Waals surface area contributed by atoms with Crippen molar-refractivity contribution in [2.75, 3.05) is 0 Å². The van der Waals surface area contributed by atoms with Crippen LogP contribution in [0.15, 0.2) is 73.8 Å². The Morgan fingerprint density at radius 3 is 2.57 bits per heavy atom. The van der Waals surface area contributed by atoms with Crippen LogP contribution in [0.1, 0.15) is 0 Å². The number of aromatic nitrogens is 8. The smallest absolute Gasteiger partial charge is 0.181 e. The predicted molar refractivity (Wildman–Crippen MR) is 113 cm³/mol. The van der Waals surface area contributed by atoms with Gasteiger partial charge < -0.3 is 4.98 Å². The number of nitrogens with zero attached hydrogens (tertiary/aromatic N) is 6. The summed E-state index contributed by atoms with van der Waals surface area (Å²) in [5.74, 6) is 0. The maximum atomic E-state index is 4.48. The lowest BCUT2D eigenvalue weighted by molar-refractivity contribution is 1.10. The van der Waals surface area contributed by atoms with Crippen LogP contribution in [0.5, 0.6) is 0 Å². The normalized spacial score (nSPS) is 11.3. The number of hydrogen-bond donors (Lipinski definition) is 2. The van der Waals surface area contributed by atoms with Crippen molar-refractivity contribution in [1.82, 2.24) is 40.1 Å². The van der Waals surface area contributed by atoms with Crippen LogP contribution in [-0.2, 0) is 0 Å². The number of H-pyrrole nitrogens is 2. The molecule has 0 spiro atoms. The van der Waals surface area contributed by atoms with Gasteiger partial charge in [0.2, 0.25) is 0 Å². The van der Waals surface area contributed by atoms with E-state index in [1.165, 1.54) is 0 Å². The molecule has 30 heavy (non-hydrogen) atoms. The van der Waals surface area contributed by atoms with Crippen molar-refractivity contribution in [3.05, 3.63) is 73.8 Å². The summed E-state index contributed by atoms with van der Waals surface area (Å²) >= 11 is 0. The number of nitrogens with one attached hydrogen (secondary N) is 2. The molecule has 6 rings (SSSR count). The Morgan fingerprint density at radius 2 is 1.70 bits per heavy atom. The van der Waals surface area contributed by atoms with Gasteiger partial charge in [0, 0.05) is 64.6 Å². The van der Waals surface area contributed by atoms with Crippen molar-refractivity contribution in [3.8, 4) is 33.8 Å². The van der Waals surface area contributed by atoms with Gasteiger partial charge in [-0.05, 0) is 18.2 Å². The molecule has 0 amide bonds. The molecule has 0 saturated heterocycles. The molecule has 0 aliphatic carbocycles. The highest BCUT2D eigenvalue weighted by Gasteiger charge is 2.15. The molecule has 0 atom stereocenters. The lowest BCUT2D eigenvalue weighted by Crippen LogP contribution is -1.86. The van der Waals surface area contributed by atoms with Gasteiger partial charge in [-0.25, -0.2) is 4.98 Å². The van der Waals surface area contributed by atoms with E-state index in [4.69, 9.17) is 0 Å². The molecule has 0 fully saturated rings. The first-order valence-corrected chi connectivity index (χ1v) is 9.35. The maximum Gasteiger partial charge on any atom is 0.181 e. The highest BCUT2D eigenvalue weighted by molar-refractivity contribution is 6.00. The van der Waals surface area contributed by atoms with Crippen molar-refractivity contribution >= 4 is 21.9 Å². The molecule has 0 radical (unpaired) electrons. The second kappa shape index (κ2) is 6.56. The Kier molecular flexibility index (Phi) is 3.60. The van der Waals surface area contributed by atoms with Crippen LogP contribution in [0.4, 0.5) is 0 Å². The zero-order chi connectivity index (χ0) is 19.9. The molecule has 142 valence electrons. The molecular formula is C22H14N8. The topological polar surface area (TPSA) is 109 Å². The van der Waals surface area contributed by atoms with Crippen LogP contribution in [0, 0.1) is 0 Å². The minimum absolute atomic E-state index is 0.641. The summed E-state index contributed by atoms with van der Waals surface area (Å²) in [5.41, 5.74) is 7.02. The summed E-state index contributed by atoms with van der Waals surface area (Å²) in [6.45, 7) is 0. The molecule has 6 aromatic heterocycles. The van der Waals surface area contributed by atoms with Crippen molar-refractivity contribution in [2.45, 2.75) is 0 Å². The van der Waals surface area contributed by atoms with E-state index in [0.29, 0.717) is 5.65 Å². The molecule has 0 unspecified atom stereocenters. The Morgan fingerprint density at radius 1 is 0.733 bits per heavy atom.